The molecule has 1 aromatic heterocycles. The summed E-state index contributed by atoms with van der Waals surface area (Å²) in [5, 5.41) is 13.4. The predicted molar refractivity (Wildman–Crippen MR) is 87.3 cm³/mol. The van der Waals surface area contributed by atoms with E-state index in [1.807, 2.05) is 6.92 Å². The number of aryl methyl sites for hydroxylation is 1. The van der Waals surface area contributed by atoms with E-state index in [0.29, 0.717) is 19.5 Å². The van der Waals surface area contributed by atoms with Crippen LogP contribution >= 0.6 is 11.3 Å². The fraction of sp³-hybridized carbons (Fsp3) is 0.733. The Balaban J connectivity index is 1.42. The zero-order valence-electron chi connectivity index (χ0n) is 13.1. The van der Waals surface area contributed by atoms with Crippen molar-refractivity contribution in [1.29, 1.82) is 0 Å². The van der Waals surface area contributed by atoms with Crippen molar-refractivity contribution in [3.05, 3.63) is 11.1 Å². The monoisotopic (exact) mass is 324 g/mol. The van der Waals surface area contributed by atoms with Crippen LogP contribution in [-0.2, 0) is 4.79 Å². The van der Waals surface area contributed by atoms with Crippen LogP contribution in [0.2, 0.25) is 0 Å². The fourth-order valence-electron chi connectivity index (χ4n) is 3.12. The van der Waals surface area contributed by atoms with Gasteiger partial charge in [-0.2, -0.15) is 0 Å². The Kier molecular flexibility index (Phi) is 4.95. The van der Waals surface area contributed by atoms with Gasteiger partial charge in [-0.1, -0.05) is 0 Å². The average Bonchev–Trinajstić information content (AvgIpc) is 3.09. The number of amides is 1. The zero-order valence-corrected chi connectivity index (χ0v) is 13.9. The minimum absolute atomic E-state index is 0.183. The highest BCUT2D eigenvalue weighted by Crippen LogP contribution is 2.21. The molecule has 0 radical (unpaired) electrons. The lowest BCUT2D eigenvalue weighted by molar-refractivity contribution is -0.129. The van der Waals surface area contributed by atoms with Gasteiger partial charge in [-0.25, -0.2) is 4.98 Å². The summed E-state index contributed by atoms with van der Waals surface area (Å²) in [6.45, 7) is 7.70. The largest absolute Gasteiger partial charge is 0.390 e. The fourth-order valence-corrected chi connectivity index (χ4v) is 3.97. The standard InChI is InChI=1S/C15H24N4O2S/c1-12-11-22-15(16-12)18-7-5-17(6-8-18)9-13(20)10-19-4-2-3-14(19)21/h11,13,20H,2-10H2,1H3. The number of likely N-dealkylation sites (tertiary alicyclic amines) is 1. The number of rotatable bonds is 5. The highest BCUT2D eigenvalue weighted by molar-refractivity contribution is 7.13. The van der Waals surface area contributed by atoms with Gasteiger partial charge in [-0.3, -0.25) is 9.69 Å². The number of aliphatic hydroxyl groups is 1. The maximum absolute atomic E-state index is 11.6. The molecule has 2 aliphatic rings. The molecule has 7 heteroatoms. The van der Waals surface area contributed by atoms with Gasteiger partial charge in [-0.15, -0.1) is 11.3 Å². The molecule has 0 bridgehead atoms. The van der Waals surface area contributed by atoms with Crippen molar-refractivity contribution in [3.63, 3.8) is 0 Å². The van der Waals surface area contributed by atoms with Gasteiger partial charge in [0.2, 0.25) is 5.91 Å². The molecule has 2 fully saturated rings. The van der Waals surface area contributed by atoms with E-state index in [2.05, 4.69) is 20.2 Å². The molecule has 3 rings (SSSR count). The number of nitrogens with zero attached hydrogens (tertiary/aromatic N) is 4. The Bertz CT molecular complexity index is 513. The molecule has 1 unspecified atom stereocenters. The van der Waals surface area contributed by atoms with Crippen molar-refractivity contribution < 1.29 is 9.90 Å². The Morgan fingerprint density at radius 1 is 1.27 bits per heavy atom. The van der Waals surface area contributed by atoms with Crippen molar-refractivity contribution in [1.82, 2.24) is 14.8 Å². The Morgan fingerprint density at radius 3 is 2.64 bits per heavy atom. The van der Waals surface area contributed by atoms with E-state index in [9.17, 15) is 9.90 Å². The predicted octanol–water partition coefficient (Wildman–Crippen LogP) is 0.557. The zero-order chi connectivity index (χ0) is 15.5. The maximum Gasteiger partial charge on any atom is 0.222 e. The Hall–Kier alpha value is -1.18. The van der Waals surface area contributed by atoms with Crippen LogP contribution in [0.4, 0.5) is 5.13 Å². The molecule has 0 aromatic carbocycles. The first-order valence-electron chi connectivity index (χ1n) is 7.97. The summed E-state index contributed by atoms with van der Waals surface area (Å²) in [5.74, 6) is 0.183. The number of aromatic nitrogens is 1. The molecule has 1 amide bonds. The molecule has 2 aliphatic heterocycles. The smallest absolute Gasteiger partial charge is 0.222 e. The van der Waals surface area contributed by atoms with E-state index in [1.54, 1.807) is 16.2 Å². The van der Waals surface area contributed by atoms with E-state index < -0.39 is 6.10 Å². The van der Waals surface area contributed by atoms with E-state index in [-0.39, 0.29) is 5.91 Å². The summed E-state index contributed by atoms with van der Waals surface area (Å²) in [7, 11) is 0. The second-order valence-corrected chi connectivity index (χ2v) is 6.99. The lowest BCUT2D eigenvalue weighted by Gasteiger charge is -2.36. The first kappa shape index (κ1) is 15.7. The van der Waals surface area contributed by atoms with E-state index in [4.69, 9.17) is 0 Å². The molecule has 1 aromatic rings. The number of piperazine rings is 1. The average molecular weight is 324 g/mol. The first-order chi connectivity index (χ1) is 10.6. The number of aliphatic hydroxyl groups excluding tert-OH is 1. The Morgan fingerprint density at radius 2 is 2.05 bits per heavy atom. The van der Waals surface area contributed by atoms with E-state index in [0.717, 1.165) is 50.0 Å². The normalized spacial score (nSPS) is 21.6. The summed E-state index contributed by atoms with van der Waals surface area (Å²) in [6.07, 6.45) is 1.12. The number of hydrogen-bond donors (Lipinski definition) is 1. The first-order valence-corrected chi connectivity index (χ1v) is 8.85. The third kappa shape index (κ3) is 3.77. The number of β-amino-alcohol motifs (C(OH)–C–C–N with tert-alkyl or cyclic N) is 1. The van der Waals surface area contributed by atoms with Crippen LogP contribution in [0.5, 0.6) is 0 Å². The molecule has 0 spiro atoms. The third-order valence-electron chi connectivity index (χ3n) is 4.32. The second-order valence-electron chi connectivity index (χ2n) is 6.16. The van der Waals surface area contributed by atoms with Crippen LogP contribution in [0.3, 0.4) is 0 Å². The van der Waals surface area contributed by atoms with Gasteiger partial charge in [0.1, 0.15) is 0 Å². The second kappa shape index (κ2) is 6.93. The molecule has 3 heterocycles. The number of carbonyl (C=O) groups excluding carboxylic acids is 1. The van der Waals surface area contributed by atoms with Crippen molar-refractivity contribution >= 4 is 22.4 Å². The van der Waals surface area contributed by atoms with Crippen LogP contribution in [0.1, 0.15) is 18.5 Å². The van der Waals surface area contributed by atoms with Crippen molar-refractivity contribution in [2.24, 2.45) is 0 Å². The van der Waals surface area contributed by atoms with Crippen LogP contribution in [0.25, 0.3) is 0 Å². The van der Waals surface area contributed by atoms with Gasteiger partial charge >= 0.3 is 0 Å². The highest BCUT2D eigenvalue weighted by Gasteiger charge is 2.25. The molecule has 0 aliphatic carbocycles. The minimum Gasteiger partial charge on any atom is -0.390 e. The van der Waals surface area contributed by atoms with Gasteiger partial charge in [-0.05, 0) is 13.3 Å². The van der Waals surface area contributed by atoms with Crippen LogP contribution in [0, 0.1) is 6.92 Å². The number of anilines is 1. The SMILES string of the molecule is Cc1csc(N2CCN(CC(O)CN3CCCC3=O)CC2)n1. The van der Waals surface area contributed by atoms with Crippen LogP contribution in [0.15, 0.2) is 5.38 Å². The lowest BCUT2D eigenvalue weighted by atomic mass is 10.2. The van der Waals surface area contributed by atoms with Gasteiger partial charge < -0.3 is 14.9 Å². The van der Waals surface area contributed by atoms with Gasteiger partial charge in [0.05, 0.1) is 11.8 Å². The van der Waals surface area contributed by atoms with Crippen molar-refractivity contribution in [2.45, 2.75) is 25.9 Å². The summed E-state index contributed by atoms with van der Waals surface area (Å²) in [6, 6.07) is 0. The number of carbonyl (C=O) groups is 1. The van der Waals surface area contributed by atoms with Gasteiger partial charge in [0, 0.05) is 57.6 Å². The molecular weight excluding hydrogens is 300 g/mol. The summed E-state index contributed by atoms with van der Waals surface area (Å²) in [4.78, 5) is 22.5. The maximum atomic E-state index is 11.6. The lowest BCUT2D eigenvalue weighted by Crippen LogP contribution is -2.50. The number of hydrogen-bond acceptors (Lipinski definition) is 6. The molecule has 2 saturated heterocycles. The van der Waals surface area contributed by atoms with Crippen LogP contribution in [-0.4, -0.2) is 77.7 Å². The minimum atomic E-state index is -0.448. The van der Waals surface area contributed by atoms with Crippen molar-refractivity contribution in [3.8, 4) is 0 Å². The summed E-state index contributed by atoms with van der Waals surface area (Å²) in [5.41, 5.74) is 1.08. The van der Waals surface area contributed by atoms with Gasteiger partial charge in [0.15, 0.2) is 5.13 Å². The highest BCUT2D eigenvalue weighted by atomic mass is 32.1. The molecule has 0 saturated carbocycles. The van der Waals surface area contributed by atoms with Gasteiger partial charge in [0.25, 0.3) is 0 Å². The molecule has 1 N–H and O–H groups in total. The molecular formula is C15H24N4O2S. The summed E-state index contributed by atoms with van der Waals surface area (Å²) >= 11 is 1.70. The van der Waals surface area contributed by atoms with Crippen LogP contribution < -0.4 is 4.90 Å². The topological polar surface area (TPSA) is 59.9 Å². The van der Waals surface area contributed by atoms with E-state index >= 15 is 0 Å². The third-order valence-corrected chi connectivity index (χ3v) is 5.34. The van der Waals surface area contributed by atoms with E-state index in [1.165, 1.54) is 0 Å². The summed E-state index contributed by atoms with van der Waals surface area (Å²) < 4.78 is 0. The molecule has 22 heavy (non-hydrogen) atoms. The number of thiazole rings is 1. The Labute approximate surface area is 135 Å². The molecule has 122 valence electrons. The quantitative estimate of drug-likeness (QED) is 0.857. The molecule has 6 nitrogen and oxygen atoms in total. The van der Waals surface area contributed by atoms with Crippen molar-refractivity contribution in [2.75, 3.05) is 50.7 Å². The molecule has 1 atom stereocenters.